The summed E-state index contributed by atoms with van der Waals surface area (Å²) >= 11 is 1.13. The second-order valence-electron chi connectivity index (χ2n) is 5.60. The third-order valence-corrected chi connectivity index (χ3v) is 4.60. The molecule has 1 aromatic carbocycles. The Morgan fingerprint density at radius 3 is 2.54 bits per heavy atom. The van der Waals surface area contributed by atoms with Crippen LogP contribution in [0, 0.1) is 20.8 Å². The van der Waals surface area contributed by atoms with Crippen molar-refractivity contribution in [2.24, 2.45) is 0 Å². The molecule has 0 aliphatic rings. The number of aromatic nitrogens is 1. The van der Waals surface area contributed by atoms with Gasteiger partial charge in [0, 0.05) is 12.7 Å². The van der Waals surface area contributed by atoms with Crippen LogP contribution in [0.4, 0.5) is 15.5 Å². The van der Waals surface area contributed by atoms with Crippen LogP contribution < -0.4 is 16.0 Å². The maximum Gasteiger partial charge on any atom is 0.343 e. The van der Waals surface area contributed by atoms with Gasteiger partial charge in [0.1, 0.15) is 10.6 Å². The molecule has 0 saturated carbocycles. The minimum atomic E-state index is -0.730. The Bertz CT molecular complexity index is 847. The molecule has 0 unspecified atom stereocenters. The van der Waals surface area contributed by atoms with Crippen LogP contribution in [0.1, 0.15) is 27.2 Å². The highest BCUT2D eigenvalue weighted by atomic mass is 32.1. The van der Waals surface area contributed by atoms with Crippen molar-refractivity contribution in [3.63, 3.8) is 0 Å². The molecule has 1 heterocycles. The third kappa shape index (κ3) is 4.79. The Hall–Kier alpha value is -2.94. The lowest BCUT2D eigenvalue weighted by Crippen LogP contribution is -2.37. The zero-order valence-corrected chi connectivity index (χ0v) is 15.7. The Kier molecular flexibility index (Phi) is 6.29. The van der Waals surface area contributed by atoms with Crippen LogP contribution in [0.15, 0.2) is 18.2 Å². The van der Waals surface area contributed by atoms with Crippen molar-refractivity contribution in [2.45, 2.75) is 20.8 Å². The van der Waals surface area contributed by atoms with Gasteiger partial charge in [-0.05, 0) is 55.6 Å². The van der Waals surface area contributed by atoms with E-state index in [4.69, 9.17) is 4.74 Å². The SMILES string of the molecule is CNc1snc(C)c1C(=O)OCC(=O)NC(=O)Nc1ccc(C)c(C)c1. The van der Waals surface area contributed by atoms with Gasteiger partial charge in [-0.2, -0.15) is 4.37 Å². The molecule has 3 N–H and O–H groups in total. The first-order valence-corrected chi connectivity index (χ1v) is 8.58. The van der Waals surface area contributed by atoms with E-state index in [1.54, 1.807) is 26.1 Å². The van der Waals surface area contributed by atoms with Crippen molar-refractivity contribution in [2.75, 3.05) is 24.3 Å². The van der Waals surface area contributed by atoms with E-state index in [1.807, 2.05) is 19.9 Å². The highest BCUT2D eigenvalue weighted by Crippen LogP contribution is 2.24. The predicted octanol–water partition coefficient (Wildman–Crippen LogP) is 2.62. The van der Waals surface area contributed by atoms with E-state index in [1.165, 1.54) is 0 Å². The van der Waals surface area contributed by atoms with Crippen LogP contribution in [-0.4, -0.2) is 35.9 Å². The molecule has 1 aromatic heterocycles. The molecule has 138 valence electrons. The molecule has 0 atom stereocenters. The Balaban J connectivity index is 1.86. The summed E-state index contributed by atoms with van der Waals surface area (Å²) in [6.45, 7) is 4.98. The lowest BCUT2D eigenvalue weighted by Gasteiger charge is -2.09. The Morgan fingerprint density at radius 2 is 1.88 bits per heavy atom. The number of anilines is 2. The zero-order valence-electron chi connectivity index (χ0n) is 14.9. The molecule has 0 spiro atoms. The van der Waals surface area contributed by atoms with Crippen molar-refractivity contribution in [1.29, 1.82) is 0 Å². The van der Waals surface area contributed by atoms with Gasteiger partial charge in [-0.1, -0.05) is 6.07 Å². The second-order valence-corrected chi connectivity index (χ2v) is 6.37. The first-order valence-electron chi connectivity index (χ1n) is 7.81. The predicted molar refractivity (Wildman–Crippen MR) is 99.8 cm³/mol. The fourth-order valence-electron chi connectivity index (χ4n) is 2.13. The number of carbonyl (C=O) groups excluding carboxylic acids is 3. The normalized spacial score (nSPS) is 10.2. The molecule has 9 heteroatoms. The van der Waals surface area contributed by atoms with Crippen LogP contribution >= 0.6 is 11.5 Å². The number of amides is 3. The van der Waals surface area contributed by atoms with Gasteiger partial charge in [-0.15, -0.1) is 0 Å². The van der Waals surface area contributed by atoms with Crippen LogP contribution in [0.5, 0.6) is 0 Å². The minimum Gasteiger partial charge on any atom is -0.452 e. The number of nitrogens with zero attached hydrogens (tertiary/aromatic N) is 1. The lowest BCUT2D eigenvalue weighted by atomic mass is 10.1. The zero-order chi connectivity index (χ0) is 19.3. The second kappa shape index (κ2) is 8.43. The quantitative estimate of drug-likeness (QED) is 0.692. The number of carbonyl (C=O) groups is 3. The van der Waals surface area contributed by atoms with Crippen molar-refractivity contribution < 1.29 is 19.1 Å². The number of rotatable bonds is 5. The summed E-state index contributed by atoms with van der Waals surface area (Å²) in [5.41, 5.74) is 3.47. The molecule has 0 fully saturated rings. The monoisotopic (exact) mass is 376 g/mol. The van der Waals surface area contributed by atoms with E-state index in [0.29, 0.717) is 16.4 Å². The number of aryl methyl sites for hydroxylation is 3. The number of urea groups is 1. The topological polar surface area (TPSA) is 109 Å². The van der Waals surface area contributed by atoms with Crippen LogP contribution in [0.2, 0.25) is 0 Å². The standard InChI is InChI=1S/C17H20N4O4S/c1-9-5-6-12(7-10(9)2)19-17(24)20-13(22)8-25-16(23)14-11(3)21-26-15(14)18-4/h5-7,18H,8H2,1-4H3,(H2,19,20,22,24). The van der Waals surface area contributed by atoms with Gasteiger partial charge < -0.3 is 15.4 Å². The maximum atomic E-state index is 12.1. The summed E-state index contributed by atoms with van der Waals surface area (Å²) in [6, 6.07) is 4.70. The molecule has 2 aromatic rings. The van der Waals surface area contributed by atoms with Gasteiger partial charge in [0.2, 0.25) is 0 Å². The molecular formula is C17H20N4O4S. The van der Waals surface area contributed by atoms with Gasteiger partial charge >= 0.3 is 12.0 Å². The summed E-state index contributed by atoms with van der Waals surface area (Å²) in [6.07, 6.45) is 0. The summed E-state index contributed by atoms with van der Waals surface area (Å²) in [7, 11) is 1.66. The molecule has 0 bridgehead atoms. The van der Waals surface area contributed by atoms with E-state index >= 15 is 0 Å². The maximum absolute atomic E-state index is 12.1. The molecule has 0 aliphatic heterocycles. The van der Waals surface area contributed by atoms with Crippen molar-refractivity contribution >= 4 is 40.1 Å². The molecule has 2 rings (SSSR count). The van der Waals surface area contributed by atoms with Crippen molar-refractivity contribution in [3.05, 3.63) is 40.6 Å². The molecular weight excluding hydrogens is 356 g/mol. The molecule has 8 nitrogen and oxygen atoms in total. The molecule has 0 saturated heterocycles. The summed E-state index contributed by atoms with van der Waals surface area (Å²) in [4.78, 5) is 35.7. The Morgan fingerprint density at radius 1 is 1.15 bits per heavy atom. The minimum absolute atomic E-state index is 0.282. The van der Waals surface area contributed by atoms with Crippen molar-refractivity contribution in [1.82, 2.24) is 9.69 Å². The van der Waals surface area contributed by atoms with Crippen molar-refractivity contribution in [3.8, 4) is 0 Å². The number of ether oxygens (including phenoxy) is 1. The summed E-state index contributed by atoms with van der Waals surface area (Å²) in [5.74, 6) is -1.41. The summed E-state index contributed by atoms with van der Waals surface area (Å²) < 4.78 is 9.01. The molecule has 0 radical (unpaired) electrons. The van der Waals surface area contributed by atoms with E-state index in [2.05, 4.69) is 20.3 Å². The van der Waals surface area contributed by atoms with Gasteiger partial charge in [0.05, 0.1) is 5.69 Å². The third-order valence-electron chi connectivity index (χ3n) is 3.65. The van der Waals surface area contributed by atoms with E-state index in [0.717, 1.165) is 22.7 Å². The van der Waals surface area contributed by atoms with Crippen LogP contribution in [-0.2, 0) is 9.53 Å². The van der Waals surface area contributed by atoms with Crippen LogP contribution in [0.25, 0.3) is 0 Å². The fourth-order valence-corrected chi connectivity index (χ4v) is 2.86. The largest absolute Gasteiger partial charge is 0.452 e. The lowest BCUT2D eigenvalue weighted by molar-refractivity contribution is -0.123. The van der Waals surface area contributed by atoms with Gasteiger partial charge in [0.25, 0.3) is 5.91 Å². The average molecular weight is 376 g/mol. The van der Waals surface area contributed by atoms with Gasteiger partial charge in [0.15, 0.2) is 6.61 Å². The highest BCUT2D eigenvalue weighted by molar-refractivity contribution is 7.10. The van der Waals surface area contributed by atoms with Crippen LogP contribution in [0.3, 0.4) is 0 Å². The number of benzene rings is 1. The average Bonchev–Trinajstić information content (AvgIpc) is 2.96. The number of hydrogen-bond acceptors (Lipinski definition) is 7. The smallest absolute Gasteiger partial charge is 0.343 e. The number of esters is 1. The number of imide groups is 1. The first kappa shape index (κ1) is 19.4. The van der Waals surface area contributed by atoms with Gasteiger partial charge in [-0.25, -0.2) is 9.59 Å². The molecule has 0 aliphatic carbocycles. The fraction of sp³-hybridized carbons (Fsp3) is 0.294. The van der Waals surface area contributed by atoms with Gasteiger partial charge in [-0.3, -0.25) is 10.1 Å². The van der Waals surface area contributed by atoms with E-state index in [9.17, 15) is 14.4 Å². The number of nitrogens with one attached hydrogen (secondary N) is 3. The molecule has 26 heavy (non-hydrogen) atoms. The van der Waals surface area contributed by atoms with E-state index < -0.39 is 24.5 Å². The van der Waals surface area contributed by atoms with E-state index in [-0.39, 0.29) is 5.56 Å². The summed E-state index contributed by atoms with van der Waals surface area (Å²) in [5, 5.41) is 8.06. The highest BCUT2D eigenvalue weighted by Gasteiger charge is 2.20. The first-order chi connectivity index (χ1) is 12.3. The Labute approximate surface area is 155 Å². The number of hydrogen-bond donors (Lipinski definition) is 3. The molecule has 3 amide bonds.